The summed E-state index contributed by atoms with van der Waals surface area (Å²) in [5.41, 5.74) is -2.60. The zero-order valence-electron chi connectivity index (χ0n) is 13.4. The number of hydrogen-bond acceptors (Lipinski definition) is 5. The molecule has 2 amide bonds. The number of carbonyl (C=O) groups is 1. The molecule has 1 fully saturated rings. The van der Waals surface area contributed by atoms with Gasteiger partial charge in [0.1, 0.15) is 10.7 Å². The molecule has 1 atom stereocenters. The Kier molecular flexibility index (Phi) is 4.77. The average Bonchev–Trinajstić information content (AvgIpc) is 3.13. The van der Waals surface area contributed by atoms with E-state index in [1.54, 1.807) is 0 Å². The molecule has 2 aromatic heterocycles. The number of rotatable bonds is 6. The Bertz CT molecular complexity index is 820. The number of aromatic nitrogens is 3. The number of amides is 2. The van der Waals surface area contributed by atoms with Crippen LogP contribution in [0, 0.1) is 0 Å². The van der Waals surface area contributed by atoms with Gasteiger partial charge in [0.05, 0.1) is 24.3 Å². The van der Waals surface area contributed by atoms with Crippen molar-refractivity contribution in [2.24, 2.45) is 0 Å². The molecule has 0 radical (unpaired) electrons. The van der Waals surface area contributed by atoms with Crippen LogP contribution in [0.2, 0.25) is 0 Å². The molecule has 26 heavy (non-hydrogen) atoms. The van der Waals surface area contributed by atoms with E-state index in [0.717, 1.165) is 15.9 Å². The molecular weight excluding hydrogens is 385 g/mol. The molecule has 1 aliphatic heterocycles. The van der Waals surface area contributed by atoms with Gasteiger partial charge >= 0.3 is 12.2 Å². The standard InChI is InChI=1S/C13H14F5N5O2S/c1-25-3-7-22-23-6(8(9(14)15)20-11(23)26-7)2-12(4-13(16,17)18)5-19-10(24)21-12/h9H,2-5H2,1H3,(H2,19,21,24). The highest BCUT2D eigenvalue weighted by molar-refractivity contribution is 7.16. The number of urea groups is 1. The van der Waals surface area contributed by atoms with Crippen molar-refractivity contribution in [3.63, 3.8) is 0 Å². The lowest BCUT2D eigenvalue weighted by atomic mass is 9.89. The fourth-order valence-electron chi connectivity index (χ4n) is 2.93. The van der Waals surface area contributed by atoms with Crippen molar-refractivity contribution in [2.45, 2.75) is 37.6 Å². The first-order valence-corrected chi connectivity index (χ1v) is 8.21. The van der Waals surface area contributed by atoms with Gasteiger partial charge in [0.2, 0.25) is 4.96 Å². The second kappa shape index (κ2) is 6.61. The van der Waals surface area contributed by atoms with Gasteiger partial charge in [-0.3, -0.25) is 0 Å². The fourth-order valence-corrected chi connectivity index (χ4v) is 3.82. The van der Waals surface area contributed by atoms with Gasteiger partial charge in [0.15, 0.2) is 0 Å². The lowest BCUT2D eigenvalue weighted by Gasteiger charge is -2.28. The van der Waals surface area contributed by atoms with Crippen LogP contribution >= 0.6 is 11.3 Å². The van der Waals surface area contributed by atoms with Crippen molar-refractivity contribution in [1.82, 2.24) is 25.2 Å². The Morgan fingerprint density at radius 2 is 2.15 bits per heavy atom. The van der Waals surface area contributed by atoms with E-state index in [-0.39, 0.29) is 23.8 Å². The van der Waals surface area contributed by atoms with Gasteiger partial charge in [-0.15, -0.1) is 0 Å². The maximum Gasteiger partial charge on any atom is 0.391 e. The number of ether oxygens (including phenoxy) is 1. The number of fused-ring (bicyclic) bond motifs is 1. The largest absolute Gasteiger partial charge is 0.391 e. The summed E-state index contributed by atoms with van der Waals surface area (Å²) < 4.78 is 71.8. The Morgan fingerprint density at radius 3 is 2.69 bits per heavy atom. The molecule has 144 valence electrons. The zero-order chi connectivity index (χ0) is 19.1. The second-order valence-electron chi connectivity index (χ2n) is 5.92. The van der Waals surface area contributed by atoms with Crippen LogP contribution in [0.5, 0.6) is 0 Å². The Balaban J connectivity index is 2.03. The van der Waals surface area contributed by atoms with Gasteiger partial charge in [0, 0.05) is 20.1 Å². The van der Waals surface area contributed by atoms with Crippen LogP contribution in [-0.4, -0.2) is 46.0 Å². The number of hydrogen-bond donors (Lipinski definition) is 2. The van der Waals surface area contributed by atoms with Crippen LogP contribution in [0.1, 0.15) is 29.2 Å². The lowest BCUT2D eigenvalue weighted by molar-refractivity contribution is -0.147. The highest BCUT2D eigenvalue weighted by atomic mass is 32.1. The highest BCUT2D eigenvalue weighted by Gasteiger charge is 2.48. The summed E-state index contributed by atoms with van der Waals surface area (Å²) in [6, 6.07) is -0.785. The van der Waals surface area contributed by atoms with E-state index in [0.29, 0.717) is 5.01 Å². The summed E-state index contributed by atoms with van der Waals surface area (Å²) >= 11 is 1.00. The van der Waals surface area contributed by atoms with Crippen LogP contribution in [0.3, 0.4) is 0 Å². The van der Waals surface area contributed by atoms with E-state index >= 15 is 0 Å². The summed E-state index contributed by atoms with van der Waals surface area (Å²) in [4.78, 5) is 15.4. The van der Waals surface area contributed by atoms with E-state index in [2.05, 4.69) is 20.7 Å². The number of alkyl halides is 5. The quantitative estimate of drug-likeness (QED) is 0.732. The normalized spacial score (nSPS) is 20.8. The van der Waals surface area contributed by atoms with Crippen molar-refractivity contribution in [1.29, 1.82) is 0 Å². The number of nitrogens with one attached hydrogen (secondary N) is 2. The molecule has 1 saturated heterocycles. The van der Waals surface area contributed by atoms with Gasteiger partial charge < -0.3 is 15.4 Å². The summed E-state index contributed by atoms with van der Waals surface area (Å²) in [7, 11) is 1.42. The number of carbonyl (C=O) groups excluding carboxylic acids is 1. The molecule has 2 N–H and O–H groups in total. The van der Waals surface area contributed by atoms with Crippen LogP contribution in [0.4, 0.5) is 26.7 Å². The summed E-state index contributed by atoms with van der Waals surface area (Å²) in [6.45, 7) is -0.236. The van der Waals surface area contributed by atoms with Gasteiger partial charge in [0.25, 0.3) is 6.43 Å². The summed E-state index contributed by atoms with van der Waals surface area (Å²) in [5, 5.41) is 9.02. The molecule has 1 unspecified atom stereocenters. The molecular formula is C13H14F5N5O2S. The highest BCUT2D eigenvalue weighted by Crippen LogP contribution is 2.35. The Morgan fingerprint density at radius 1 is 1.42 bits per heavy atom. The maximum atomic E-state index is 13.4. The predicted octanol–water partition coefficient (Wildman–Crippen LogP) is 2.42. The van der Waals surface area contributed by atoms with E-state index in [9.17, 15) is 26.7 Å². The predicted molar refractivity (Wildman–Crippen MR) is 80.2 cm³/mol. The first kappa shape index (κ1) is 18.8. The summed E-state index contributed by atoms with van der Waals surface area (Å²) in [5.74, 6) is 0. The minimum atomic E-state index is -4.60. The minimum Gasteiger partial charge on any atom is -0.377 e. The molecule has 0 spiro atoms. The van der Waals surface area contributed by atoms with Crippen LogP contribution in [0.25, 0.3) is 4.96 Å². The first-order valence-electron chi connectivity index (χ1n) is 7.39. The third kappa shape index (κ3) is 3.72. The lowest BCUT2D eigenvalue weighted by Crippen LogP contribution is -2.49. The molecule has 13 heteroatoms. The van der Waals surface area contributed by atoms with Gasteiger partial charge in [-0.05, 0) is 0 Å². The molecule has 0 aromatic carbocycles. The molecule has 2 aromatic rings. The number of nitrogens with zero attached hydrogens (tertiary/aromatic N) is 3. The van der Waals surface area contributed by atoms with Crippen LogP contribution in [0.15, 0.2) is 0 Å². The molecule has 0 saturated carbocycles. The monoisotopic (exact) mass is 399 g/mol. The van der Waals surface area contributed by atoms with Gasteiger partial charge in [-0.2, -0.15) is 18.3 Å². The Hall–Kier alpha value is -2.02. The van der Waals surface area contributed by atoms with Crippen molar-refractivity contribution in [2.75, 3.05) is 13.7 Å². The zero-order valence-corrected chi connectivity index (χ0v) is 14.2. The summed E-state index contributed by atoms with van der Waals surface area (Å²) in [6.07, 6.45) is -9.46. The third-order valence-electron chi connectivity index (χ3n) is 3.85. The molecule has 0 aliphatic carbocycles. The fraction of sp³-hybridized carbons (Fsp3) is 0.615. The average molecular weight is 399 g/mol. The van der Waals surface area contributed by atoms with E-state index in [1.165, 1.54) is 7.11 Å². The van der Waals surface area contributed by atoms with Crippen LogP contribution < -0.4 is 10.6 Å². The van der Waals surface area contributed by atoms with Crippen molar-refractivity contribution < 1.29 is 31.5 Å². The molecule has 1 aliphatic rings. The van der Waals surface area contributed by atoms with Gasteiger partial charge in [-0.1, -0.05) is 11.3 Å². The Labute approximate surface area is 147 Å². The topological polar surface area (TPSA) is 80.5 Å². The minimum absolute atomic E-state index is 0.115. The van der Waals surface area contributed by atoms with Crippen molar-refractivity contribution >= 4 is 22.3 Å². The SMILES string of the molecule is COCc1nn2c(CC3(CC(F)(F)F)CNC(=O)N3)c(C(F)F)nc2s1. The third-order valence-corrected chi connectivity index (χ3v) is 4.74. The number of halogens is 5. The van der Waals surface area contributed by atoms with E-state index in [1.807, 2.05) is 0 Å². The van der Waals surface area contributed by atoms with Crippen LogP contribution in [-0.2, 0) is 17.8 Å². The van der Waals surface area contributed by atoms with Crippen molar-refractivity contribution in [3.8, 4) is 0 Å². The molecule has 7 nitrogen and oxygen atoms in total. The van der Waals surface area contributed by atoms with E-state index in [4.69, 9.17) is 4.74 Å². The maximum absolute atomic E-state index is 13.4. The smallest absolute Gasteiger partial charge is 0.377 e. The van der Waals surface area contributed by atoms with Crippen molar-refractivity contribution in [3.05, 3.63) is 16.4 Å². The second-order valence-corrected chi connectivity index (χ2v) is 6.96. The van der Waals surface area contributed by atoms with E-state index < -0.39 is 42.7 Å². The first-order chi connectivity index (χ1) is 12.1. The van der Waals surface area contributed by atoms with Gasteiger partial charge in [-0.25, -0.2) is 23.1 Å². The molecule has 3 rings (SSSR count). The molecule has 0 bridgehead atoms. The number of methoxy groups -OCH3 is 1. The number of imidazole rings is 1. The molecule has 3 heterocycles.